The molecular weight excluding hydrogens is 124 g/mol. The molecule has 0 radical (unpaired) electrons. The summed E-state index contributed by atoms with van der Waals surface area (Å²) in [4.78, 5) is 1.34. The lowest BCUT2D eigenvalue weighted by molar-refractivity contribution is 1.57. The molecule has 7 heavy (non-hydrogen) atoms. The zero-order valence-electron chi connectivity index (χ0n) is 3.79. The van der Waals surface area contributed by atoms with E-state index in [0.29, 0.717) is 0 Å². The predicted octanol–water partition coefficient (Wildman–Crippen LogP) is 2.18. The summed E-state index contributed by atoms with van der Waals surface area (Å²) in [5, 5.41) is 2.06. The van der Waals surface area contributed by atoms with Crippen molar-refractivity contribution in [3.63, 3.8) is 0 Å². The van der Waals surface area contributed by atoms with Gasteiger partial charge < -0.3 is 0 Å². The molecule has 0 saturated heterocycles. The van der Waals surface area contributed by atoms with Gasteiger partial charge in [0.25, 0.3) is 0 Å². The lowest BCUT2D eigenvalue weighted by Crippen LogP contribution is -1.58. The maximum absolute atomic E-state index is 4.09. The highest BCUT2D eigenvalue weighted by Gasteiger charge is 1.83. The first-order valence-corrected chi connectivity index (χ1v) is 3.58. The van der Waals surface area contributed by atoms with Crippen LogP contribution in [0, 0.1) is 0 Å². The van der Waals surface area contributed by atoms with E-state index in [2.05, 4.69) is 24.1 Å². The van der Waals surface area contributed by atoms with Crippen LogP contribution in [0.25, 0.3) is 0 Å². The lowest BCUT2D eigenvalue weighted by atomic mass is 10.5. The van der Waals surface area contributed by atoms with Gasteiger partial charge in [0.15, 0.2) is 0 Å². The molecule has 0 aliphatic heterocycles. The van der Waals surface area contributed by atoms with E-state index in [0.717, 1.165) is 5.75 Å². The third-order valence-corrected chi connectivity index (χ3v) is 2.17. The number of rotatable bonds is 1. The predicted molar refractivity (Wildman–Crippen MR) is 37.0 cm³/mol. The van der Waals surface area contributed by atoms with Gasteiger partial charge in [-0.05, 0) is 11.4 Å². The summed E-state index contributed by atoms with van der Waals surface area (Å²) in [5.74, 6) is 0.873. The Balaban J connectivity index is 2.76. The smallest absolute Gasteiger partial charge is 0.0248 e. The minimum atomic E-state index is 0.873. The normalized spacial score (nSPS) is 9.29. The van der Waals surface area contributed by atoms with E-state index in [4.69, 9.17) is 0 Å². The van der Waals surface area contributed by atoms with Gasteiger partial charge in [-0.2, -0.15) is 12.6 Å². The maximum atomic E-state index is 4.09. The molecule has 0 amide bonds. The second-order valence-electron chi connectivity index (χ2n) is 1.24. The van der Waals surface area contributed by atoms with Crippen molar-refractivity contribution in [3.8, 4) is 0 Å². The standard InChI is InChI=1S/C5H6S2/c6-4-5-2-1-3-7-5/h1-3,6H,4H2. The number of thiophene rings is 1. The number of hydrogen-bond donors (Lipinski definition) is 1. The van der Waals surface area contributed by atoms with Crippen molar-refractivity contribution in [2.24, 2.45) is 0 Å². The zero-order valence-corrected chi connectivity index (χ0v) is 5.51. The molecule has 0 bridgehead atoms. The molecule has 1 rings (SSSR count). The van der Waals surface area contributed by atoms with Gasteiger partial charge in [-0.25, -0.2) is 0 Å². The van der Waals surface area contributed by atoms with Crippen LogP contribution in [0.1, 0.15) is 4.88 Å². The Bertz CT molecular complexity index is 121. The monoisotopic (exact) mass is 130 g/mol. The molecule has 38 valence electrons. The Labute approximate surface area is 52.6 Å². The van der Waals surface area contributed by atoms with E-state index in [1.165, 1.54) is 4.88 Å². The van der Waals surface area contributed by atoms with Crippen molar-refractivity contribution >= 4 is 24.0 Å². The van der Waals surface area contributed by atoms with Crippen molar-refractivity contribution in [1.82, 2.24) is 0 Å². The van der Waals surface area contributed by atoms with Crippen molar-refractivity contribution in [2.75, 3.05) is 0 Å². The van der Waals surface area contributed by atoms with E-state index in [1.807, 2.05) is 6.07 Å². The van der Waals surface area contributed by atoms with E-state index in [-0.39, 0.29) is 0 Å². The van der Waals surface area contributed by atoms with Crippen LogP contribution in [-0.2, 0) is 5.75 Å². The fourth-order valence-electron chi connectivity index (χ4n) is 0.403. The minimum Gasteiger partial charge on any atom is -0.174 e. The maximum Gasteiger partial charge on any atom is 0.0248 e. The molecule has 0 unspecified atom stereocenters. The molecule has 0 fully saturated rings. The molecule has 0 saturated carbocycles. The van der Waals surface area contributed by atoms with Gasteiger partial charge in [-0.15, -0.1) is 11.3 Å². The van der Waals surface area contributed by atoms with E-state index < -0.39 is 0 Å². The van der Waals surface area contributed by atoms with Crippen LogP contribution in [0.2, 0.25) is 0 Å². The third kappa shape index (κ3) is 1.21. The van der Waals surface area contributed by atoms with Crippen molar-refractivity contribution < 1.29 is 0 Å². The highest BCUT2D eigenvalue weighted by molar-refractivity contribution is 7.79. The van der Waals surface area contributed by atoms with Gasteiger partial charge in [0.1, 0.15) is 0 Å². The summed E-state index contributed by atoms with van der Waals surface area (Å²) in [7, 11) is 0. The average molecular weight is 130 g/mol. The molecule has 0 aromatic carbocycles. The molecule has 2 heteroatoms. The molecular formula is C5H6S2. The molecule has 0 aliphatic carbocycles. The topological polar surface area (TPSA) is 0 Å². The number of hydrogen-bond acceptors (Lipinski definition) is 2. The molecule has 1 heterocycles. The van der Waals surface area contributed by atoms with Crippen LogP contribution in [0.15, 0.2) is 17.5 Å². The average Bonchev–Trinajstić information content (AvgIpc) is 2.14. The van der Waals surface area contributed by atoms with Gasteiger partial charge in [0.2, 0.25) is 0 Å². The molecule has 1 aromatic rings. The summed E-state index contributed by atoms with van der Waals surface area (Å²) in [6.07, 6.45) is 0. The zero-order chi connectivity index (χ0) is 5.11. The third-order valence-electron chi connectivity index (χ3n) is 0.736. The van der Waals surface area contributed by atoms with Crippen LogP contribution in [0.5, 0.6) is 0 Å². The summed E-state index contributed by atoms with van der Waals surface area (Å²) < 4.78 is 0. The van der Waals surface area contributed by atoms with Gasteiger partial charge in [-0.3, -0.25) is 0 Å². The summed E-state index contributed by atoms with van der Waals surface area (Å²) in [6, 6.07) is 4.12. The lowest BCUT2D eigenvalue weighted by Gasteiger charge is -1.78. The Kier molecular flexibility index (Phi) is 1.77. The van der Waals surface area contributed by atoms with Crippen LogP contribution < -0.4 is 0 Å². The molecule has 0 N–H and O–H groups in total. The Morgan fingerprint density at radius 2 is 2.57 bits per heavy atom. The molecule has 0 nitrogen and oxygen atoms in total. The van der Waals surface area contributed by atoms with Crippen molar-refractivity contribution in [1.29, 1.82) is 0 Å². The van der Waals surface area contributed by atoms with Gasteiger partial charge in [-0.1, -0.05) is 6.07 Å². The molecule has 0 spiro atoms. The van der Waals surface area contributed by atoms with Gasteiger partial charge in [0, 0.05) is 10.6 Å². The van der Waals surface area contributed by atoms with E-state index in [1.54, 1.807) is 11.3 Å². The molecule has 0 aliphatic rings. The minimum absolute atomic E-state index is 0.873. The summed E-state index contributed by atoms with van der Waals surface area (Å²) in [5.41, 5.74) is 0. The van der Waals surface area contributed by atoms with Crippen LogP contribution in [0.4, 0.5) is 0 Å². The Hall–Kier alpha value is 0.0500. The largest absolute Gasteiger partial charge is 0.174 e. The Morgan fingerprint density at radius 3 is 2.86 bits per heavy atom. The highest BCUT2D eigenvalue weighted by Crippen LogP contribution is 2.09. The van der Waals surface area contributed by atoms with Gasteiger partial charge >= 0.3 is 0 Å². The highest BCUT2D eigenvalue weighted by atomic mass is 32.1. The first-order chi connectivity index (χ1) is 3.43. The van der Waals surface area contributed by atoms with Crippen molar-refractivity contribution in [3.05, 3.63) is 22.4 Å². The van der Waals surface area contributed by atoms with Crippen LogP contribution in [-0.4, -0.2) is 0 Å². The molecule has 0 atom stereocenters. The second-order valence-corrected chi connectivity index (χ2v) is 2.59. The number of thiol groups is 1. The summed E-state index contributed by atoms with van der Waals surface area (Å²) >= 11 is 5.83. The summed E-state index contributed by atoms with van der Waals surface area (Å²) in [6.45, 7) is 0. The second kappa shape index (κ2) is 2.38. The first-order valence-electron chi connectivity index (χ1n) is 2.06. The van der Waals surface area contributed by atoms with Crippen molar-refractivity contribution in [2.45, 2.75) is 5.75 Å². The fourth-order valence-corrected chi connectivity index (χ4v) is 1.30. The van der Waals surface area contributed by atoms with Crippen LogP contribution >= 0.6 is 24.0 Å². The quantitative estimate of drug-likeness (QED) is 0.553. The van der Waals surface area contributed by atoms with Gasteiger partial charge in [0.05, 0.1) is 0 Å². The molecule has 1 aromatic heterocycles. The fraction of sp³-hybridized carbons (Fsp3) is 0.200. The van der Waals surface area contributed by atoms with E-state index >= 15 is 0 Å². The van der Waals surface area contributed by atoms with E-state index in [9.17, 15) is 0 Å². The SMILES string of the molecule is SCc1cccs1. The first kappa shape index (κ1) is 5.19. The van der Waals surface area contributed by atoms with Crippen LogP contribution in [0.3, 0.4) is 0 Å². The Morgan fingerprint density at radius 1 is 1.71 bits per heavy atom.